The van der Waals surface area contributed by atoms with Crippen LogP contribution in [-0.4, -0.2) is 16.7 Å². The SMILES string of the molecule is Cc1c(CO)cccc1-c1ccc(C(=O)OC(C)(C)C)cc1. The summed E-state index contributed by atoms with van der Waals surface area (Å²) in [5.74, 6) is -0.320. The third kappa shape index (κ3) is 3.74. The van der Waals surface area contributed by atoms with Crippen molar-refractivity contribution >= 4 is 5.97 Å². The minimum atomic E-state index is -0.498. The van der Waals surface area contributed by atoms with Gasteiger partial charge in [-0.05, 0) is 62.1 Å². The molecule has 0 saturated carbocycles. The van der Waals surface area contributed by atoms with Gasteiger partial charge in [-0.1, -0.05) is 30.3 Å². The molecule has 0 atom stereocenters. The zero-order valence-corrected chi connectivity index (χ0v) is 13.5. The van der Waals surface area contributed by atoms with Crippen molar-refractivity contribution in [2.75, 3.05) is 0 Å². The van der Waals surface area contributed by atoms with E-state index in [1.54, 1.807) is 12.1 Å². The first kappa shape index (κ1) is 16.2. The highest BCUT2D eigenvalue weighted by Gasteiger charge is 2.17. The normalized spacial score (nSPS) is 11.3. The van der Waals surface area contributed by atoms with E-state index in [1.807, 2.05) is 58.0 Å². The van der Waals surface area contributed by atoms with E-state index in [4.69, 9.17) is 4.74 Å². The molecule has 0 heterocycles. The van der Waals surface area contributed by atoms with Gasteiger partial charge in [0.2, 0.25) is 0 Å². The van der Waals surface area contributed by atoms with Crippen LogP contribution in [0, 0.1) is 6.92 Å². The molecule has 0 radical (unpaired) electrons. The molecular weight excluding hydrogens is 276 g/mol. The second-order valence-electron chi connectivity index (χ2n) is 6.33. The Hall–Kier alpha value is -2.13. The van der Waals surface area contributed by atoms with Crippen LogP contribution < -0.4 is 0 Å². The second-order valence-corrected chi connectivity index (χ2v) is 6.33. The number of aliphatic hydroxyl groups is 1. The number of hydrogen-bond donors (Lipinski definition) is 1. The number of hydrogen-bond acceptors (Lipinski definition) is 3. The molecule has 3 nitrogen and oxygen atoms in total. The molecule has 0 aliphatic heterocycles. The Bertz CT molecular complexity index is 664. The molecule has 0 spiro atoms. The molecular formula is C19H22O3. The van der Waals surface area contributed by atoms with Gasteiger partial charge >= 0.3 is 5.97 Å². The summed E-state index contributed by atoms with van der Waals surface area (Å²) in [6, 6.07) is 13.2. The van der Waals surface area contributed by atoms with Crippen molar-refractivity contribution in [3.63, 3.8) is 0 Å². The van der Waals surface area contributed by atoms with Crippen LogP contribution in [0.1, 0.15) is 42.3 Å². The van der Waals surface area contributed by atoms with Crippen molar-refractivity contribution in [1.29, 1.82) is 0 Å². The van der Waals surface area contributed by atoms with Crippen molar-refractivity contribution in [3.8, 4) is 11.1 Å². The van der Waals surface area contributed by atoms with Gasteiger partial charge < -0.3 is 9.84 Å². The van der Waals surface area contributed by atoms with Gasteiger partial charge in [0, 0.05) is 0 Å². The summed E-state index contributed by atoms with van der Waals surface area (Å²) in [5, 5.41) is 9.35. The summed E-state index contributed by atoms with van der Waals surface area (Å²) in [7, 11) is 0. The Morgan fingerprint density at radius 3 is 2.27 bits per heavy atom. The van der Waals surface area contributed by atoms with Crippen molar-refractivity contribution in [2.45, 2.75) is 39.9 Å². The van der Waals surface area contributed by atoms with Crippen LogP contribution >= 0.6 is 0 Å². The van der Waals surface area contributed by atoms with E-state index in [2.05, 4.69) is 0 Å². The molecule has 0 saturated heterocycles. The van der Waals surface area contributed by atoms with Gasteiger partial charge in [-0.2, -0.15) is 0 Å². The molecule has 2 aromatic carbocycles. The van der Waals surface area contributed by atoms with Gasteiger partial charge in [-0.3, -0.25) is 0 Å². The summed E-state index contributed by atoms with van der Waals surface area (Å²) >= 11 is 0. The molecule has 116 valence electrons. The Balaban J connectivity index is 2.28. The molecule has 0 fully saturated rings. The van der Waals surface area contributed by atoms with E-state index >= 15 is 0 Å². The number of benzene rings is 2. The van der Waals surface area contributed by atoms with E-state index < -0.39 is 5.60 Å². The van der Waals surface area contributed by atoms with Gasteiger partial charge in [-0.15, -0.1) is 0 Å². The second kappa shape index (κ2) is 6.32. The first-order valence-corrected chi connectivity index (χ1v) is 7.35. The van der Waals surface area contributed by atoms with E-state index in [9.17, 15) is 9.90 Å². The van der Waals surface area contributed by atoms with Gasteiger partial charge in [0.25, 0.3) is 0 Å². The molecule has 0 bridgehead atoms. The molecule has 0 aromatic heterocycles. The average Bonchev–Trinajstić information content (AvgIpc) is 2.46. The Labute approximate surface area is 131 Å². The summed E-state index contributed by atoms with van der Waals surface area (Å²) in [4.78, 5) is 12.0. The zero-order valence-electron chi connectivity index (χ0n) is 13.5. The lowest BCUT2D eigenvalue weighted by Gasteiger charge is -2.19. The first-order valence-electron chi connectivity index (χ1n) is 7.35. The fourth-order valence-electron chi connectivity index (χ4n) is 2.29. The molecule has 2 rings (SSSR count). The molecule has 0 aliphatic rings. The Morgan fingerprint density at radius 2 is 1.73 bits per heavy atom. The van der Waals surface area contributed by atoms with Gasteiger partial charge in [0.1, 0.15) is 5.60 Å². The number of esters is 1. The third-order valence-corrected chi connectivity index (χ3v) is 3.45. The van der Waals surface area contributed by atoms with E-state index in [0.29, 0.717) is 5.56 Å². The third-order valence-electron chi connectivity index (χ3n) is 3.45. The lowest BCUT2D eigenvalue weighted by Crippen LogP contribution is -2.23. The highest BCUT2D eigenvalue weighted by molar-refractivity contribution is 5.90. The van der Waals surface area contributed by atoms with E-state index in [-0.39, 0.29) is 12.6 Å². The largest absolute Gasteiger partial charge is 0.456 e. The molecule has 2 aromatic rings. The minimum Gasteiger partial charge on any atom is -0.456 e. The van der Waals surface area contributed by atoms with Crippen molar-refractivity contribution in [1.82, 2.24) is 0 Å². The number of aliphatic hydroxyl groups excluding tert-OH is 1. The van der Waals surface area contributed by atoms with Crippen LogP contribution in [0.3, 0.4) is 0 Å². The highest BCUT2D eigenvalue weighted by atomic mass is 16.6. The lowest BCUT2D eigenvalue weighted by atomic mass is 9.96. The number of carbonyl (C=O) groups is 1. The van der Waals surface area contributed by atoms with Crippen molar-refractivity contribution < 1.29 is 14.6 Å². The van der Waals surface area contributed by atoms with E-state index in [0.717, 1.165) is 22.3 Å². The molecule has 3 heteroatoms. The average molecular weight is 298 g/mol. The van der Waals surface area contributed by atoms with Gasteiger partial charge in [0.05, 0.1) is 12.2 Å². The fraction of sp³-hybridized carbons (Fsp3) is 0.316. The summed E-state index contributed by atoms with van der Waals surface area (Å²) in [6.07, 6.45) is 0. The van der Waals surface area contributed by atoms with Crippen LogP contribution in [0.2, 0.25) is 0 Å². The highest BCUT2D eigenvalue weighted by Crippen LogP contribution is 2.26. The molecule has 0 unspecified atom stereocenters. The smallest absolute Gasteiger partial charge is 0.338 e. The minimum absolute atomic E-state index is 0.0235. The van der Waals surface area contributed by atoms with Crippen LogP contribution in [0.25, 0.3) is 11.1 Å². The molecule has 0 amide bonds. The molecule has 1 N–H and O–H groups in total. The number of carbonyl (C=O) groups excluding carboxylic acids is 1. The Morgan fingerprint density at radius 1 is 1.09 bits per heavy atom. The Kier molecular flexibility index (Phi) is 4.67. The predicted octanol–water partition coefficient (Wildman–Crippen LogP) is 4.11. The standard InChI is InChI=1S/C19H22O3/c1-13-16(12-20)6-5-7-17(13)14-8-10-15(11-9-14)18(21)22-19(2,3)4/h5-11,20H,12H2,1-4H3. The molecule has 22 heavy (non-hydrogen) atoms. The van der Waals surface area contributed by atoms with E-state index in [1.165, 1.54) is 0 Å². The number of rotatable bonds is 3. The van der Waals surface area contributed by atoms with Crippen LogP contribution in [0.15, 0.2) is 42.5 Å². The summed E-state index contributed by atoms with van der Waals surface area (Å²) < 4.78 is 5.36. The van der Waals surface area contributed by atoms with Crippen LogP contribution in [0.4, 0.5) is 0 Å². The van der Waals surface area contributed by atoms with Crippen molar-refractivity contribution in [2.24, 2.45) is 0 Å². The summed E-state index contributed by atoms with van der Waals surface area (Å²) in [5.41, 5.74) is 4.07. The quantitative estimate of drug-likeness (QED) is 0.867. The lowest BCUT2D eigenvalue weighted by molar-refractivity contribution is 0.00696. The number of ether oxygens (including phenoxy) is 1. The molecule has 0 aliphatic carbocycles. The van der Waals surface area contributed by atoms with Gasteiger partial charge in [-0.25, -0.2) is 4.79 Å². The topological polar surface area (TPSA) is 46.5 Å². The predicted molar refractivity (Wildman–Crippen MR) is 87.7 cm³/mol. The first-order chi connectivity index (χ1) is 10.3. The summed E-state index contributed by atoms with van der Waals surface area (Å²) in [6.45, 7) is 7.56. The zero-order chi connectivity index (χ0) is 16.3. The maximum atomic E-state index is 12.0. The maximum Gasteiger partial charge on any atom is 0.338 e. The van der Waals surface area contributed by atoms with Crippen LogP contribution in [0.5, 0.6) is 0 Å². The van der Waals surface area contributed by atoms with Crippen LogP contribution in [-0.2, 0) is 11.3 Å². The van der Waals surface area contributed by atoms with Gasteiger partial charge in [0.15, 0.2) is 0 Å². The maximum absolute atomic E-state index is 12.0. The fourth-order valence-corrected chi connectivity index (χ4v) is 2.29. The van der Waals surface area contributed by atoms with Crippen molar-refractivity contribution in [3.05, 3.63) is 59.2 Å². The monoisotopic (exact) mass is 298 g/mol.